The van der Waals surface area contributed by atoms with Gasteiger partial charge in [0.25, 0.3) is 0 Å². The van der Waals surface area contributed by atoms with Crippen molar-refractivity contribution in [1.82, 2.24) is 0 Å². The van der Waals surface area contributed by atoms with E-state index in [1.165, 1.54) is 0 Å². The minimum absolute atomic E-state index is 0. The fraction of sp³-hybridized carbons (Fsp3) is 0.500. The first-order valence-electron chi connectivity index (χ1n) is 2.02. The summed E-state index contributed by atoms with van der Waals surface area (Å²) in [5.74, 6) is -2.73. The number of hydrogen-bond acceptors (Lipinski definition) is 4. The molecule has 70 valence electrons. The van der Waals surface area contributed by atoms with Crippen molar-refractivity contribution in [2.24, 2.45) is 0 Å². The van der Waals surface area contributed by atoms with Crippen LogP contribution in [0.15, 0.2) is 0 Å². The summed E-state index contributed by atoms with van der Waals surface area (Å²) in [5, 5.41) is 19.0. The Kier molecular flexibility index (Phi) is 66.1. The average molecular weight is 248 g/mol. The van der Waals surface area contributed by atoms with Gasteiger partial charge in [-0.25, -0.2) is 0 Å². The van der Waals surface area contributed by atoms with Crippen LogP contribution in [0.1, 0.15) is 12.8 Å². The van der Waals surface area contributed by atoms with Gasteiger partial charge in [-0.05, 0) is 12.8 Å². The zero-order chi connectivity index (χ0) is 6.57. The predicted molar refractivity (Wildman–Crippen MR) is 30.1 cm³/mol. The average Bonchev–Trinajstić information content (AvgIpc) is 1.61. The number of carbonyl (C=O) groups excluding carboxylic acids is 2. The molecule has 0 radical (unpaired) electrons. The van der Waals surface area contributed by atoms with Gasteiger partial charge >= 0.3 is 103 Å². The van der Waals surface area contributed by atoms with E-state index in [1.807, 2.05) is 0 Å². The van der Waals surface area contributed by atoms with E-state index in [0.29, 0.717) is 0 Å². The number of carboxylic acid groups (broad SMARTS) is 2. The van der Waals surface area contributed by atoms with Crippen molar-refractivity contribution in [2.75, 3.05) is 0 Å². The molecule has 0 saturated heterocycles. The Bertz CT molecular complexity index is 103. The van der Waals surface area contributed by atoms with E-state index in [0.717, 1.165) is 0 Å². The van der Waals surface area contributed by atoms with Gasteiger partial charge in [0, 0.05) is 11.9 Å². The van der Waals surface area contributed by atoms with Crippen molar-refractivity contribution in [3.8, 4) is 0 Å². The van der Waals surface area contributed by atoms with Crippen LogP contribution in [0.3, 0.4) is 0 Å². The van der Waals surface area contributed by atoms with Crippen LogP contribution >= 0.6 is 0 Å². The van der Waals surface area contributed by atoms with Crippen molar-refractivity contribution in [3.05, 3.63) is 0 Å². The Balaban J connectivity index is -0.0000000245. The van der Waals surface area contributed by atoms with Crippen molar-refractivity contribution < 1.29 is 139 Å². The van der Waals surface area contributed by atoms with Crippen LogP contribution in [-0.2, 0) is 9.59 Å². The van der Waals surface area contributed by atoms with Crippen LogP contribution in [0, 0.1) is 0 Å². The van der Waals surface area contributed by atoms with Gasteiger partial charge in [0.2, 0.25) is 0 Å². The topological polar surface area (TPSA) is 175 Å². The van der Waals surface area contributed by atoms with E-state index in [1.54, 1.807) is 0 Å². The number of carboxylic acids is 2. The summed E-state index contributed by atoms with van der Waals surface area (Å²) in [6, 6.07) is 0. The van der Waals surface area contributed by atoms with Gasteiger partial charge in [-0.3, -0.25) is 0 Å². The molecule has 0 aromatic heterocycles. The number of carbonyl (C=O) groups is 2. The van der Waals surface area contributed by atoms with Gasteiger partial charge in [0.15, 0.2) is 0 Å². The van der Waals surface area contributed by atoms with Gasteiger partial charge < -0.3 is 36.2 Å². The third-order valence-corrected chi connectivity index (χ3v) is 0.533. The molecule has 0 saturated carbocycles. The molecule has 6 N–H and O–H groups in total. The van der Waals surface area contributed by atoms with Crippen LogP contribution in [-0.4, -0.2) is 28.4 Å². The largest absolute Gasteiger partial charge is 1.00 e. The first-order chi connectivity index (χ1) is 3.63. The summed E-state index contributed by atoms with van der Waals surface area (Å²) in [7, 11) is 0. The molecule has 0 aliphatic rings. The normalized spacial score (nSPS) is 5.23. The molecular formula is C4H10K2O7. The first-order valence-corrected chi connectivity index (χ1v) is 2.02. The third kappa shape index (κ3) is 41.0. The Hall–Kier alpha value is 2.09. The van der Waals surface area contributed by atoms with E-state index in [4.69, 9.17) is 0 Å². The summed E-state index contributed by atoms with van der Waals surface area (Å²) in [4.78, 5) is 19.0. The van der Waals surface area contributed by atoms with Crippen LogP contribution in [0.2, 0.25) is 0 Å². The summed E-state index contributed by atoms with van der Waals surface area (Å²) in [6.45, 7) is 0. The van der Waals surface area contributed by atoms with Crippen LogP contribution < -0.4 is 113 Å². The molecule has 0 spiro atoms. The second-order valence-corrected chi connectivity index (χ2v) is 1.24. The zero-order valence-corrected chi connectivity index (χ0v) is 13.8. The minimum Gasteiger partial charge on any atom is -0.550 e. The molecule has 0 fully saturated rings. The Morgan fingerprint density at radius 3 is 1.00 bits per heavy atom. The summed E-state index contributed by atoms with van der Waals surface area (Å²) in [5.41, 5.74) is 0. The minimum atomic E-state index is -1.37. The Morgan fingerprint density at radius 2 is 0.923 bits per heavy atom. The second kappa shape index (κ2) is 23.7. The van der Waals surface area contributed by atoms with E-state index < -0.39 is 24.8 Å². The predicted octanol–water partition coefficient (Wildman–Crippen LogP) is -11.2. The van der Waals surface area contributed by atoms with Gasteiger partial charge in [-0.15, -0.1) is 0 Å². The van der Waals surface area contributed by atoms with E-state index >= 15 is 0 Å². The quantitative estimate of drug-likeness (QED) is 0.451. The molecule has 0 bridgehead atoms. The molecule has 7 nitrogen and oxygen atoms in total. The molecule has 0 unspecified atom stereocenters. The maximum Gasteiger partial charge on any atom is 1.00 e. The van der Waals surface area contributed by atoms with Crippen molar-refractivity contribution in [2.45, 2.75) is 12.8 Å². The summed E-state index contributed by atoms with van der Waals surface area (Å²) < 4.78 is 0. The SMILES string of the molecule is O.O.O.O=C([O-])CCC(=O)[O-].[K+].[K+]. The Morgan fingerprint density at radius 1 is 0.769 bits per heavy atom. The number of aliphatic carboxylic acids is 2. The zero-order valence-electron chi connectivity index (χ0n) is 7.55. The third-order valence-electron chi connectivity index (χ3n) is 0.533. The van der Waals surface area contributed by atoms with E-state index in [9.17, 15) is 19.8 Å². The number of hydrogen-bond donors (Lipinski definition) is 0. The molecule has 9 heteroatoms. The van der Waals surface area contributed by atoms with Crippen LogP contribution in [0.4, 0.5) is 0 Å². The van der Waals surface area contributed by atoms with Gasteiger partial charge in [0.05, 0.1) is 0 Å². The maximum atomic E-state index is 9.50. The molecular weight excluding hydrogens is 238 g/mol. The Labute approximate surface area is 160 Å². The van der Waals surface area contributed by atoms with Crippen molar-refractivity contribution in [1.29, 1.82) is 0 Å². The maximum absolute atomic E-state index is 9.50. The van der Waals surface area contributed by atoms with Crippen molar-refractivity contribution in [3.63, 3.8) is 0 Å². The summed E-state index contributed by atoms with van der Waals surface area (Å²) in [6.07, 6.45) is -0.940. The smallest absolute Gasteiger partial charge is 0.550 e. The van der Waals surface area contributed by atoms with Gasteiger partial charge in [-0.2, -0.15) is 0 Å². The molecule has 0 rings (SSSR count). The monoisotopic (exact) mass is 248 g/mol. The first kappa shape index (κ1) is 36.3. The fourth-order valence-electron chi connectivity index (χ4n) is 0.204. The molecule has 0 aromatic rings. The molecule has 0 aromatic carbocycles. The standard InChI is InChI=1S/C4H6O4.2K.3H2O/c5-3(6)1-2-4(7)8;;;;;/h1-2H2,(H,5,6)(H,7,8);;;3*1H2/q;2*+1;;;/p-2. The van der Waals surface area contributed by atoms with E-state index in [2.05, 4.69) is 0 Å². The van der Waals surface area contributed by atoms with Gasteiger partial charge in [-0.1, -0.05) is 0 Å². The molecule has 0 aliphatic heterocycles. The van der Waals surface area contributed by atoms with E-state index in [-0.39, 0.29) is 119 Å². The number of rotatable bonds is 3. The molecule has 0 heterocycles. The second-order valence-electron chi connectivity index (χ2n) is 1.24. The summed E-state index contributed by atoms with van der Waals surface area (Å²) >= 11 is 0. The molecule has 0 atom stereocenters. The van der Waals surface area contributed by atoms with Gasteiger partial charge in [0.1, 0.15) is 0 Å². The molecule has 0 amide bonds. The molecule has 0 aliphatic carbocycles. The van der Waals surface area contributed by atoms with Crippen molar-refractivity contribution >= 4 is 11.9 Å². The fourth-order valence-corrected chi connectivity index (χ4v) is 0.204. The van der Waals surface area contributed by atoms with Crippen LogP contribution in [0.5, 0.6) is 0 Å². The van der Waals surface area contributed by atoms with Crippen LogP contribution in [0.25, 0.3) is 0 Å². The molecule has 13 heavy (non-hydrogen) atoms.